The first-order chi connectivity index (χ1) is 17.3. The lowest BCUT2D eigenvalue weighted by Crippen LogP contribution is -2.48. The van der Waals surface area contributed by atoms with Crippen LogP contribution in [0.2, 0.25) is 0 Å². The van der Waals surface area contributed by atoms with Crippen LogP contribution in [-0.4, -0.2) is 63.6 Å². The van der Waals surface area contributed by atoms with E-state index in [1.807, 2.05) is 17.0 Å². The number of halogens is 3. The Labute approximate surface area is 206 Å². The van der Waals surface area contributed by atoms with Crippen LogP contribution in [0.4, 0.5) is 19.0 Å². The van der Waals surface area contributed by atoms with Gasteiger partial charge in [-0.2, -0.15) is 18.2 Å². The summed E-state index contributed by atoms with van der Waals surface area (Å²) in [6.07, 6.45) is -0.853. The van der Waals surface area contributed by atoms with Crippen LogP contribution >= 0.6 is 0 Å². The first-order valence-electron chi connectivity index (χ1n) is 12.0. The van der Waals surface area contributed by atoms with Gasteiger partial charge in [0.05, 0.1) is 11.6 Å². The average Bonchev–Trinajstić information content (AvgIpc) is 3.54. The molecule has 0 bridgehead atoms. The number of hydrogen-bond acceptors (Lipinski definition) is 7. The third-order valence-electron chi connectivity index (χ3n) is 6.81. The van der Waals surface area contributed by atoms with Gasteiger partial charge in [-0.1, -0.05) is 17.3 Å². The number of rotatable bonds is 5. The molecule has 5 rings (SSSR count). The summed E-state index contributed by atoms with van der Waals surface area (Å²) in [7, 11) is 0. The van der Waals surface area contributed by atoms with Crippen molar-refractivity contribution in [1.82, 2.24) is 24.9 Å². The first-order valence-corrected chi connectivity index (χ1v) is 12.0. The SMILES string of the molecule is CC(=O)N1CCN(c2cc(-c3noc([C@@H]4CCCN4Cc4ccc(C(F)(F)F)cc4)n3)ccn2)CC1. The van der Waals surface area contributed by atoms with Gasteiger partial charge in [-0.05, 0) is 49.2 Å². The Balaban J connectivity index is 1.27. The largest absolute Gasteiger partial charge is 0.416 e. The second-order valence-corrected chi connectivity index (χ2v) is 9.18. The number of piperazine rings is 1. The van der Waals surface area contributed by atoms with Gasteiger partial charge in [-0.3, -0.25) is 9.69 Å². The summed E-state index contributed by atoms with van der Waals surface area (Å²) in [5.74, 6) is 1.85. The van der Waals surface area contributed by atoms with Gasteiger partial charge in [0.25, 0.3) is 0 Å². The molecular formula is C25H27F3N6O2. The predicted octanol–water partition coefficient (Wildman–Crippen LogP) is 4.16. The number of benzene rings is 1. The van der Waals surface area contributed by atoms with Gasteiger partial charge in [0, 0.05) is 51.4 Å². The molecule has 1 atom stereocenters. The minimum absolute atomic E-state index is 0.0787. The minimum atomic E-state index is -4.34. The lowest BCUT2D eigenvalue weighted by Gasteiger charge is -2.34. The second-order valence-electron chi connectivity index (χ2n) is 9.18. The Morgan fingerprint density at radius 3 is 2.53 bits per heavy atom. The highest BCUT2D eigenvalue weighted by Gasteiger charge is 2.32. The van der Waals surface area contributed by atoms with Gasteiger partial charge in [0.2, 0.25) is 17.6 Å². The van der Waals surface area contributed by atoms with Crippen molar-refractivity contribution in [3.63, 3.8) is 0 Å². The molecule has 1 amide bonds. The zero-order valence-electron chi connectivity index (χ0n) is 19.9. The Morgan fingerprint density at radius 2 is 1.83 bits per heavy atom. The van der Waals surface area contributed by atoms with Crippen molar-refractivity contribution in [2.75, 3.05) is 37.6 Å². The Bertz CT molecular complexity index is 1210. The number of carbonyl (C=O) groups is 1. The van der Waals surface area contributed by atoms with Crippen molar-refractivity contribution < 1.29 is 22.5 Å². The predicted molar refractivity (Wildman–Crippen MR) is 126 cm³/mol. The molecule has 0 N–H and O–H groups in total. The van der Waals surface area contributed by atoms with Gasteiger partial charge in [0.1, 0.15) is 5.82 Å². The van der Waals surface area contributed by atoms with E-state index in [0.717, 1.165) is 48.5 Å². The van der Waals surface area contributed by atoms with E-state index in [0.29, 0.717) is 44.4 Å². The molecule has 2 aliphatic rings. The number of likely N-dealkylation sites (tertiary alicyclic amines) is 1. The summed E-state index contributed by atoms with van der Waals surface area (Å²) < 4.78 is 44.2. The number of alkyl halides is 3. The van der Waals surface area contributed by atoms with Crippen molar-refractivity contribution in [3.8, 4) is 11.4 Å². The minimum Gasteiger partial charge on any atom is -0.353 e. The fourth-order valence-electron chi connectivity index (χ4n) is 4.80. The summed E-state index contributed by atoms with van der Waals surface area (Å²) in [5.41, 5.74) is 0.942. The molecule has 0 saturated carbocycles. The summed E-state index contributed by atoms with van der Waals surface area (Å²) in [5, 5.41) is 4.20. The molecule has 2 saturated heterocycles. The summed E-state index contributed by atoms with van der Waals surface area (Å²) >= 11 is 0. The van der Waals surface area contributed by atoms with E-state index in [2.05, 4.69) is 24.9 Å². The third kappa shape index (κ3) is 5.20. The maximum atomic E-state index is 12.9. The van der Waals surface area contributed by atoms with E-state index in [1.54, 1.807) is 13.1 Å². The lowest BCUT2D eigenvalue weighted by molar-refractivity contribution is -0.137. The zero-order valence-corrected chi connectivity index (χ0v) is 19.9. The van der Waals surface area contributed by atoms with Gasteiger partial charge >= 0.3 is 6.18 Å². The van der Waals surface area contributed by atoms with Crippen molar-refractivity contribution in [3.05, 3.63) is 59.6 Å². The van der Waals surface area contributed by atoms with Gasteiger partial charge in [-0.15, -0.1) is 0 Å². The van der Waals surface area contributed by atoms with E-state index in [9.17, 15) is 18.0 Å². The molecular weight excluding hydrogens is 473 g/mol. The van der Waals surface area contributed by atoms with E-state index in [-0.39, 0.29) is 11.9 Å². The van der Waals surface area contributed by atoms with Crippen molar-refractivity contribution >= 4 is 11.7 Å². The molecule has 190 valence electrons. The van der Waals surface area contributed by atoms with Crippen LogP contribution in [0.25, 0.3) is 11.4 Å². The molecule has 3 aromatic rings. The number of nitrogens with zero attached hydrogens (tertiary/aromatic N) is 6. The van der Waals surface area contributed by atoms with Gasteiger partial charge in [0.15, 0.2) is 0 Å². The highest BCUT2D eigenvalue weighted by atomic mass is 19.4. The zero-order chi connectivity index (χ0) is 25.3. The van der Waals surface area contributed by atoms with Gasteiger partial charge < -0.3 is 14.3 Å². The van der Waals surface area contributed by atoms with Crippen molar-refractivity contribution in [2.45, 2.75) is 38.5 Å². The van der Waals surface area contributed by atoms with Crippen LogP contribution in [-0.2, 0) is 17.5 Å². The van der Waals surface area contributed by atoms with Crippen LogP contribution in [0.1, 0.15) is 42.8 Å². The number of hydrogen-bond donors (Lipinski definition) is 0. The molecule has 8 nitrogen and oxygen atoms in total. The normalized spacial score (nSPS) is 19.2. The number of aromatic nitrogens is 3. The van der Waals surface area contributed by atoms with Crippen LogP contribution in [0, 0.1) is 0 Å². The van der Waals surface area contributed by atoms with E-state index in [4.69, 9.17) is 4.52 Å². The number of anilines is 1. The standard InChI is InChI=1S/C25H27F3N6O2/c1-17(35)32-11-13-33(14-12-32)22-15-19(8-9-29-22)23-30-24(36-31-23)21-3-2-10-34(21)16-18-4-6-20(7-5-18)25(26,27)28/h4-9,15,21H,2-3,10-14,16H2,1H3/t21-/m0/s1. The van der Waals surface area contributed by atoms with Crippen LogP contribution in [0.5, 0.6) is 0 Å². The smallest absolute Gasteiger partial charge is 0.353 e. The second kappa shape index (κ2) is 9.88. The number of amides is 1. The molecule has 0 radical (unpaired) electrons. The molecule has 11 heteroatoms. The fraction of sp³-hybridized carbons (Fsp3) is 0.440. The number of pyridine rings is 1. The van der Waals surface area contributed by atoms with Crippen molar-refractivity contribution in [1.29, 1.82) is 0 Å². The van der Waals surface area contributed by atoms with E-state index in [1.165, 1.54) is 12.1 Å². The van der Waals surface area contributed by atoms with Crippen molar-refractivity contribution in [2.24, 2.45) is 0 Å². The summed E-state index contributed by atoms with van der Waals surface area (Å²) in [6.45, 7) is 5.61. The topological polar surface area (TPSA) is 78.6 Å². The highest BCUT2D eigenvalue weighted by molar-refractivity contribution is 5.73. The molecule has 1 aromatic carbocycles. The molecule has 0 aliphatic carbocycles. The van der Waals surface area contributed by atoms with E-state index < -0.39 is 11.7 Å². The molecule has 0 unspecified atom stereocenters. The summed E-state index contributed by atoms with van der Waals surface area (Å²) in [4.78, 5) is 26.8. The lowest BCUT2D eigenvalue weighted by atomic mass is 10.1. The molecule has 2 aromatic heterocycles. The van der Waals surface area contributed by atoms with Crippen LogP contribution in [0.3, 0.4) is 0 Å². The highest BCUT2D eigenvalue weighted by Crippen LogP contribution is 2.34. The molecule has 0 spiro atoms. The Kier molecular flexibility index (Phi) is 6.65. The first kappa shape index (κ1) is 24.2. The molecule has 2 fully saturated rings. The van der Waals surface area contributed by atoms with Crippen LogP contribution < -0.4 is 4.90 Å². The van der Waals surface area contributed by atoms with E-state index >= 15 is 0 Å². The monoisotopic (exact) mass is 500 g/mol. The molecule has 36 heavy (non-hydrogen) atoms. The maximum Gasteiger partial charge on any atom is 0.416 e. The molecule has 4 heterocycles. The quantitative estimate of drug-likeness (QED) is 0.521. The maximum absolute atomic E-state index is 12.9. The Hall–Kier alpha value is -3.47. The fourth-order valence-corrected chi connectivity index (χ4v) is 4.80. The van der Waals surface area contributed by atoms with Gasteiger partial charge in [-0.25, -0.2) is 4.98 Å². The Morgan fingerprint density at radius 1 is 1.08 bits per heavy atom. The third-order valence-corrected chi connectivity index (χ3v) is 6.81. The summed E-state index contributed by atoms with van der Waals surface area (Å²) in [6, 6.07) is 8.94. The molecule has 2 aliphatic heterocycles. The number of carbonyl (C=O) groups excluding carboxylic acids is 1. The average molecular weight is 501 g/mol. The van der Waals surface area contributed by atoms with Crippen LogP contribution in [0.15, 0.2) is 47.1 Å².